The Morgan fingerprint density at radius 3 is 2.18 bits per heavy atom. The summed E-state index contributed by atoms with van der Waals surface area (Å²) in [6.45, 7) is 0. The third kappa shape index (κ3) is 4.06. The van der Waals surface area contributed by atoms with Crippen LogP contribution >= 0.6 is 0 Å². The van der Waals surface area contributed by atoms with Gasteiger partial charge in [0, 0.05) is 30.3 Å². The zero-order valence-electron chi connectivity index (χ0n) is 15.8. The number of nitrogens with zero attached hydrogens (tertiary/aromatic N) is 1. The van der Waals surface area contributed by atoms with Crippen molar-refractivity contribution >= 4 is 34.8 Å². The first-order valence-corrected chi connectivity index (χ1v) is 9.62. The van der Waals surface area contributed by atoms with E-state index in [2.05, 4.69) is 10.6 Å². The van der Waals surface area contributed by atoms with Crippen LogP contribution in [0.3, 0.4) is 0 Å². The van der Waals surface area contributed by atoms with Gasteiger partial charge in [0.05, 0.1) is 11.3 Å². The van der Waals surface area contributed by atoms with Crippen molar-refractivity contribution in [2.75, 3.05) is 22.6 Å². The second-order valence-electron chi connectivity index (χ2n) is 7.49. The number of rotatable bonds is 6. The summed E-state index contributed by atoms with van der Waals surface area (Å²) in [5, 5.41) is 5.75. The lowest BCUT2D eigenvalue weighted by Crippen LogP contribution is -2.29. The number of carbonyl (C=O) groups is 3. The molecule has 0 bridgehead atoms. The van der Waals surface area contributed by atoms with Gasteiger partial charge in [-0.05, 0) is 56.0 Å². The molecule has 2 N–H and O–H groups in total. The van der Waals surface area contributed by atoms with Gasteiger partial charge in [0.2, 0.25) is 11.8 Å². The Labute approximate surface area is 163 Å². The summed E-state index contributed by atoms with van der Waals surface area (Å²) in [6, 6.07) is 14.2. The zero-order chi connectivity index (χ0) is 19.7. The van der Waals surface area contributed by atoms with E-state index in [4.69, 9.17) is 0 Å². The first-order chi connectivity index (χ1) is 13.5. The minimum Gasteiger partial charge on any atom is -0.326 e. The molecule has 0 spiro atoms. The highest BCUT2D eigenvalue weighted by Crippen LogP contribution is 2.33. The summed E-state index contributed by atoms with van der Waals surface area (Å²) in [5.41, 5.74) is 2.27. The minimum atomic E-state index is -0.295. The first kappa shape index (κ1) is 18.2. The molecule has 2 saturated carbocycles. The van der Waals surface area contributed by atoms with Crippen LogP contribution in [0.2, 0.25) is 0 Å². The highest BCUT2D eigenvalue weighted by molar-refractivity contribution is 6.11. The second kappa shape index (κ2) is 7.46. The van der Waals surface area contributed by atoms with Gasteiger partial charge in [-0.25, -0.2) is 0 Å². The van der Waals surface area contributed by atoms with Gasteiger partial charge in [0.15, 0.2) is 0 Å². The van der Waals surface area contributed by atoms with Crippen LogP contribution in [0, 0.1) is 11.8 Å². The molecule has 6 heteroatoms. The maximum absolute atomic E-state index is 12.9. The third-order valence-electron chi connectivity index (χ3n) is 5.10. The van der Waals surface area contributed by atoms with Gasteiger partial charge in [-0.1, -0.05) is 18.2 Å². The Balaban J connectivity index is 1.49. The van der Waals surface area contributed by atoms with Crippen LogP contribution in [0.25, 0.3) is 0 Å². The zero-order valence-corrected chi connectivity index (χ0v) is 15.8. The number of hydrogen-bond donors (Lipinski definition) is 2. The van der Waals surface area contributed by atoms with E-state index in [-0.39, 0.29) is 29.6 Å². The first-order valence-electron chi connectivity index (χ1n) is 9.62. The molecule has 0 unspecified atom stereocenters. The van der Waals surface area contributed by atoms with Crippen molar-refractivity contribution in [2.45, 2.75) is 25.7 Å². The summed E-state index contributed by atoms with van der Waals surface area (Å²) in [5.74, 6) is -0.0340. The molecule has 6 nitrogen and oxygen atoms in total. The Kier molecular flexibility index (Phi) is 4.86. The van der Waals surface area contributed by atoms with Crippen LogP contribution in [0.15, 0.2) is 48.5 Å². The molecule has 3 amide bonds. The fourth-order valence-electron chi connectivity index (χ4n) is 3.14. The Morgan fingerprint density at radius 2 is 1.50 bits per heavy atom. The highest BCUT2D eigenvalue weighted by Gasteiger charge is 2.33. The van der Waals surface area contributed by atoms with Gasteiger partial charge in [-0.3, -0.25) is 14.4 Å². The average molecular weight is 377 g/mol. The lowest BCUT2D eigenvalue weighted by Gasteiger charge is -2.20. The summed E-state index contributed by atoms with van der Waals surface area (Å²) < 4.78 is 0. The van der Waals surface area contributed by atoms with Crippen molar-refractivity contribution in [1.29, 1.82) is 0 Å². The van der Waals surface area contributed by atoms with Gasteiger partial charge >= 0.3 is 0 Å². The van der Waals surface area contributed by atoms with Gasteiger partial charge in [0.25, 0.3) is 5.91 Å². The molecule has 2 aliphatic carbocycles. The molecule has 0 heterocycles. The van der Waals surface area contributed by atoms with E-state index >= 15 is 0 Å². The van der Waals surface area contributed by atoms with Crippen molar-refractivity contribution < 1.29 is 14.4 Å². The van der Waals surface area contributed by atoms with Crippen LogP contribution in [0.4, 0.5) is 17.1 Å². The van der Waals surface area contributed by atoms with E-state index in [1.54, 1.807) is 54.4 Å². The number of carbonyl (C=O) groups excluding carboxylic acids is 3. The van der Waals surface area contributed by atoms with Crippen LogP contribution in [-0.4, -0.2) is 24.8 Å². The van der Waals surface area contributed by atoms with Gasteiger partial charge in [-0.2, -0.15) is 0 Å². The normalized spacial score (nSPS) is 15.6. The van der Waals surface area contributed by atoms with E-state index < -0.39 is 0 Å². The van der Waals surface area contributed by atoms with Crippen molar-refractivity contribution in [2.24, 2.45) is 11.8 Å². The summed E-state index contributed by atoms with van der Waals surface area (Å²) in [7, 11) is 1.71. The van der Waals surface area contributed by atoms with Gasteiger partial charge in [0.1, 0.15) is 0 Å². The van der Waals surface area contributed by atoms with Gasteiger partial charge in [-0.15, -0.1) is 0 Å². The number of para-hydroxylation sites is 1. The average Bonchev–Trinajstić information content (AvgIpc) is 3.58. The molecule has 2 aromatic carbocycles. The smallest absolute Gasteiger partial charge is 0.257 e. The predicted molar refractivity (Wildman–Crippen MR) is 108 cm³/mol. The molecule has 28 heavy (non-hydrogen) atoms. The second-order valence-corrected chi connectivity index (χ2v) is 7.49. The van der Waals surface area contributed by atoms with Crippen molar-refractivity contribution in [3.63, 3.8) is 0 Å². The van der Waals surface area contributed by atoms with E-state index in [0.29, 0.717) is 22.6 Å². The standard InChI is InChI=1S/C22H23N3O3/c1-25(22(28)15-11-12-15)19-8-3-2-7-18(19)21(27)24-17-6-4-5-16(13-17)23-20(26)14-9-10-14/h2-8,13-15H,9-12H2,1H3,(H,23,26)(H,24,27). The molecule has 0 aliphatic heterocycles. The highest BCUT2D eigenvalue weighted by atomic mass is 16.2. The summed E-state index contributed by atoms with van der Waals surface area (Å²) in [4.78, 5) is 38.8. The lowest BCUT2D eigenvalue weighted by molar-refractivity contribution is -0.119. The molecular weight excluding hydrogens is 354 g/mol. The van der Waals surface area contributed by atoms with Crippen molar-refractivity contribution in [3.8, 4) is 0 Å². The molecule has 2 fully saturated rings. The Hall–Kier alpha value is -3.15. The van der Waals surface area contributed by atoms with E-state index in [1.165, 1.54) is 0 Å². The fraction of sp³-hybridized carbons (Fsp3) is 0.318. The Morgan fingerprint density at radius 1 is 0.857 bits per heavy atom. The molecule has 4 rings (SSSR count). The largest absolute Gasteiger partial charge is 0.326 e. The summed E-state index contributed by atoms with van der Waals surface area (Å²) >= 11 is 0. The van der Waals surface area contributed by atoms with E-state index in [1.807, 2.05) is 6.07 Å². The van der Waals surface area contributed by atoms with Crippen LogP contribution < -0.4 is 15.5 Å². The number of benzene rings is 2. The monoisotopic (exact) mass is 377 g/mol. The maximum atomic E-state index is 12.9. The van der Waals surface area contributed by atoms with Crippen molar-refractivity contribution in [1.82, 2.24) is 0 Å². The molecule has 144 valence electrons. The fourth-order valence-corrected chi connectivity index (χ4v) is 3.14. The predicted octanol–water partition coefficient (Wildman–Crippen LogP) is 3.66. The van der Waals surface area contributed by atoms with Crippen LogP contribution in [0.1, 0.15) is 36.0 Å². The van der Waals surface area contributed by atoms with Crippen molar-refractivity contribution in [3.05, 3.63) is 54.1 Å². The molecular formula is C22H23N3O3. The topological polar surface area (TPSA) is 78.5 Å². The number of hydrogen-bond acceptors (Lipinski definition) is 3. The summed E-state index contributed by atoms with van der Waals surface area (Å²) in [6.07, 6.45) is 3.70. The number of anilines is 3. The lowest BCUT2D eigenvalue weighted by atomic mass is 10.1. The third-order valence-corrected chi connectivity index (χ3v) is 5.10. The van der Waals surface area contributed by atoms with Crippen LogP contribution in [0.5, 0.6) is 0 Å². The SMILES string of the molecule is CN(C(=O)C1CC1)c1ccccc1C(=O)Nc1cccc(NC(=O)C2CC2)c1. The molecule has 2 aliphatic rings. The molecule has 0 atom stereocenters. The quantitative estimate of drug-likeness (QED) is 0.806. The number of nitrogens with one attached hydrogen (secondary N) is 2. The van der Waals surface area contributed by atoms with E-state index in [9.17, 15) is 14.4 Å². The Bertz CT molecular complexity index is 932. The molecule has 0 aromatic heterocycles. The maximum Gasteiger partial charge on any atom is 0.257 e. The number of amides is 3. The minimum absolute atomic E-state index is 0.0223. The van der Waals surface area contributed by atoms with Crippen LogP contribution in [-0.2, 0) is 9.59 Å². The van der Waals surface area contributed by atoms with Gasteiger partial charge < -0.3 is 15.5 Å². The molecule has 0 radical (unpaired) electrons. The molecule has 2 aromatic rings. The molecule has 0 saturated heterocycles. The van der Waals surface area contributed by atoms with E-state index in [0.717, 1.165) is 25.7 Å².